The van der Waals surface area contributed by atoms with Crippen molar-refractivity contribution < 1.29 is 4.79 Å². The van der Waals surface area contributed by atoms with Gasteiger partial charge in [-0.3, -0.25) is 4.79 Å². The predicted octanol–water partition coefficient (Wildman–Crippen LogP) is 1.68. The number of carbonyl (C=O) groups excluding carboxylic acids is 1. The Labute approximate surface area is 93.0 Å². The van der Waals surface area contributed by atoms with Crippen molar-refractivity contribution in [3.63, 3.8) is 0 Å². The largest absolute Gasteiger partial charge is 0.352 e. The molecule has 0 aliphatic carbocycles. The van der Waals surface area contributed by atoms with Crippen LogP contribution in [0.5, 0.6) is 0 Å². The van der Waals surface area contributed by atoms with E-state index >= 15 is 0 Å². The molecule has 1 fully saturated rings. The van der Waals surface area contributed by atoms with Crippen molar-refractivity contribution in [2.75, 3.05) is 13.1 Å². The molecule has 0 aromatic heterocycles. The highest BCUT2D eigenvalue weighted by Crippen LogP contribution is 2.06. The smallest absolute Gasteiger partial charge is 0.220 e. The maximum Gasteiger partial charge on any atom is 0.220 e. The molecule has 1 rings (SSSR count). The van der Waals surface area contributed by atoms with Crippen LogP contribution in [-0.4, -0.2) is 25.0 Å². The van der Waals surface area contributed by atoms with E-state index < -0.39 is 0 Å². The van der Waals surface area contributed by atoms with E-state index in [0.717, 1.165) is 25.9 Å². The molecule has 1 amide bonds. The van der Waals surface area contributed by atoms with E-state index in [-0.39, 0.29) is 5.91 Å². The van der Waals surface area contributed by atoms with E-state index in [9.17, 15) is 4.79 Å². The minimum Gasteiger partial charge on any atom is -0.352 e. The summed E-state index contributed by atoms with van der Waals surface area (Å²) in [4.78, 5) is 11.6. The molecule has 1 saturated heterocycles. The Hall–Kier alpha value is -0.570. The standard InChI is InChI=1S/C12H24N2O/c1-10(2)6-7-12(15)14-11-5-3-4-8-13-9-11/h10-11,13H,3-9H2,1-2H3,(H,14,15). The predicted molar refractivity (Wildman–Crippen MR) is 62.7 cm³/mol. The molecule has 0 bridgehead atoms. The lowest BCUT2D eigenvalue weighted by molar-refractivity contribution is -0.122. The van der Waals surface area contributed by atoms with E-state index in [0.29, 0.717) is 18.4 Å². The van der Waals surface area contributed by atoms with Gasteiger partial charge < -0.3 is 10.6 Å². The summed E-state index contributed by atoms with van der Waals surface area (Å²) in [7, 11) is 0. The minimum atomic E-state index is 0.220. The zero-order valence-electron chi connectivity index (χ0n) is 10.0. The number of nitrogens with one attached hydrogen (secondary N) is 2. The normalized spacial score (nSPS) is 22.5. The van der Waals surface area contributed by atoms with Gasteiger partial charge in [-0.05, 0) is 31.7 Å². The SMILES string of the molecule is CC(C)CCC(=O)NC1CCCCNC1. The van der Waals surface area contributed by atoms with E-state index in [1.807, 2.05) is 0 Å². The Bertz CT molecular complexity index is 184. The zero-order valence-corrected chi connectivity index (χ0v) is 10.0. The van der Waals surface area contributed by atoms with Crippen molar-refractivity contribution in [2.45, 2.75) is 52.0 Å². The number of carbonyl (C=O) groups is 1. The van der Waals surface area contributed by atoms with Crippen LogP contribution in [0.25, 0.3) is 0 Å². The van der Waals surface area contributed by atoms with Gasteiger partial charge in [0.2, 0.25) is 5.91 Å². The molecule has 1 aliphatic rings. The van der Waals surface area contributed by atoms with E-state index in [1.165, 1.54) is 12.8 Å². The first kappa shape index (κ1) is 12.5. The third kappa shape index (κ3) is 5.78. The van der Waals surface area contributed by atoms with Crippen LogP contribution < -0.4 is 10.6 Å². The molecular formula is C12H24N2O. The summed E-state index contributed by atoms with van der Waals surface area (Å²) in [5.74, 6) is 0.834. The number of hydrogen-bond acceptors (Lipinski definition) is 2. The van der Waals surface area contributed by atoms with Gasteiger partial charge in [0.05, 0.1) is 0 Å². The van der Waals surface area contributed by atoms with Gasteiger partial charge in [0.1, 0.15) is 0 Å². The molecule has 1 atom stereocenters. The van der Waals surface area contributed by atoms with E-state index in [2.05, 4.69) is 24.5 Å². The summed E-state index contributed by atoms with van der Waals surface area (Å²) in [6, 6.07) is 0.354. The van der Waals surface area contributed by atoms with E-state index in [4.69, 9.17) is 0 Å². The highest BCUT2D eigenvalue weighted by molar-refractivity contribution is 5.76. The molecule has 3 heteroatoms. The van der Waals surface area contributed by atoms with Gasteiger partial charge in [0.15, 0.2) is 0 Å². The van der Waals surface area contributed by atoms with Crippen LogP contribution in [0, 0.1) is 5.92 Å². The van der Waals surface area contributed by atoms with Crippen LogP contribution in [0.15, 0.2) is 0 Å². The van der Waals surface area contributed by atoms with Crippen molar-refractivity contribution in [3.05, 3.63) is 0 Å². The van der Waals surface area contributed by atoms with Crippen molar-refractivity contribution in [2.24, 2.45) is 5.92 Å². The average molecular weight is 212 g/mol. The van der Waals surface area contributed by atoms with Gasteiger partial charge >= 0.3 is 0 Å². The summed E-state index contributed by atoms with van der Waals surface area (Å²) in [6.07, 6.45) is 5.25. The second kappa shape index (κ2) is 6.83. The van der Waals surface area contributed by atoms with Crippen molar-refractivity contribution in [1.82, 2.24) is 10.6 Å². The molecule has 15 heavy (non-hydrogen) atoms. The van der Waals surface area contributed by atoms with Crippen molar-refractivity contribution in [3.8, 4) is 0 Å². The summed E-state index contributed by atoms with van der Waals surface area (Å²) in [5, 5.41) is 6.47. The minimum absolute atomic E-state index is 0.220. The van der Waals surface area contributed by atoms with Crippen LogP contribution in [0.2, 0.25) is 0 Å². The summed E-state index contributed by atoms with van der Waals surface area (Å²) < 4.78 is 0. The van der Waals surface area contributed by atoms with Crippen LogP contribution >= 0.6 is 0 Å². The molecule has 1 heterocycles. The Morgan fingerprint density at radius 2 is 2.27 bits per heavy atom. The van der Waals surface area contributed by atoms with Gasteiger partial charge in [-0.2, -0.15) is 0 Å². The molecular weight excluding hydrogens is 188 g/mol. The van der Waals surface area contributed by atoms with Crippen LogP contribution in [0.3, 0.4) is 0 Å². The second-order valence-electron chi connectivity index (χ2n) is 4.90. The van der Waals surface area contributed by atoms with Gasteiger partial charge in [-0.1, -0.05) is 20.3 Å². The topological polar surface area (TPSA) is 41.1 Å². The van der Waals surface area contributed by atoms with Gasteiger partial charge in [0.25, 0.3) is 0 Å². The van der Waals surface area contributed by atoms with Crippen LogP contribution in [0.1, 0.15) is 46.0 Å². The highest BCUT2D eigenvalue weighted by Gasteiger charge is 2.14. The van der Waals surface area contributed by atoms with Gasteiger partial charge in [-0.25, -0.2) is 0 Å². The van der Waals surface area contributed by atoms with E-state index in [1.54, 1.807) is 0 Å². The molecule has 88 valence electrons. The maximum atomic E-state index is 11.6. The van der Waals surface area contributed by atoms with Crippen LogP contribution in [-0.2, 0) is 4.79 Å². The fraction of sp³-hybridized carbons (Fsp3) is 0.917. The molecule has 0 aromatic rings. The molecule has 0 saturated carbocycles. The first-order valence-electron chi connectivity index (χ1n) is 6.18. The number of hydrogen-bond donors (Lipinski definition) is 2. The molecule has 1 unspecified atom stereocenters. The highest BCUT2D eigenvalue weighted by atomic mass is 16.1. The lowest BCUT2D eigenvalue weighted by Gasteiger charge is -2.16. The number of rotatable bonds is 4. The van der Waals surface area contributed by atoms with Crippen molar-refractivity contribution >= 4 is 5.91 Å². The summed E-state index contributed by atoms with van der Waals surface area (Å²) in [6.45, 7) is 6.34. The Balaban J connectivity index is 2.17. The first-order chi connectivity index (χ1) is 7.18. The lowest BCUT2D eigenvalue weighted by atomic mass is 10.1. The summed E-state index contributed by atoms with van der Waals surface area (Å²) >= 11 is 0. The molecule has 0 radical (unpaired) electrons. The van der Waals surface area contributed by atoms with Gasteiger partial charge in [0, 0.05) is 19.0 Å². The Kier molecular flexibility index (Phi) is 5.69. The fourth-order valence-corrected chi connectivity index (χ4v) is 1.86. The van der Waals surface area contributed by atoms with Gasteiger partial charge in [-0.15, -0.1) is 0 Å². The molecule has 0 spiro atoms. The molecule has 0 aromatic carbocycles. The van der Waals surface area contributed by atoms with Crippen LogP contribution in [0.4, 0.5) is 0 Å². The lowest BCUT2D eigenvalue weighted by Crippen LogP contribution is -2.40. The average Bonchev–Trinajstić information content (AvgIpc) is 2.43. The quantitative estimate of drug-likeness (QED) is 0.744. The molecule has 1 aliphatic heterocycles. The summed E-state index contributed by atoms with van der Waals surface area (Å²) in [5.41, 5.74) is 0. The Morgan fingerprint density at radius 3 is 3.00 bits per heavy atom. The second-order valence-corrected chi connectivity index (χ2v) is 4.90. The van der Waals surface area contributed by atoms with Crippen molar-refractivity contribution in [1.29, 1.82) is 0 Å². The first-order valence-corrected chi connectivity index (χ1v) is 6.18. The zero-order chi connectivity index (χ0) is 11.1. The molecule has 2 N–H and O–H groups in total. The number of amides is 1. The monoisotopic (exact) mass is 212 g/mol. The maximum absolute atomic E-state index is 11.6. The molecule has 3 nitrogen and oxygen atoms in total. The third-order valence-corrected chi connectivity index (χ3v) is 2.86. The fourth-order valence-electron chi connectivity index (χ4n) is 1.86. The third-order valence-electron chi connectivity index (χ3n) is 2.86. The Morgan fingerprint density at radius 1 is 1.47 bits per heavy atom.